The van der Waals surface area contributed by atoms with E-state index in [4.69, 9.17) is 11.5 Å². The first kappa shape index (κ1) is 29.3. The number of hydrogen-bond acceptors (Lipinski definition) is 3. The van der Waals surface area contributed by atoms with Gasteiger partial charge in [-0.2, -0.15) is 0 Å². The van der Waals surface area contributed by atoms with Crippen LogP contribution in [0.15, 0.2) is 151 Å². The van der Waals surface area contributed by atoms with Crippen LogP contribution in [0.2, 0.25) is 0 Å². The smallest absolute Gasteiger partial charge is 0.0773 e. The van der Waals surface area contributed by atoms with Crippen LogP contribution < -0.4 is 16.8 Å². The maximum Gasteiger partial charge on any atom is 0.0773 e. The molecule has 5 N–H and O–H groups in total. The summed E-state index contributed by atoms with van der Waals surface area (Å²) in [4.78, 5) is 0. The number of hydrogen-bond donors (Lipinski definition) is 3. The van der Waals surface area contributed by atoms with Gasteiger partial charge < -0.3 is 16.8 Å². The van der Waals surface area contributed by atoms with Gasteiger partial charge in [-0.15, -0.1) is 0 Å². The molecule has 0 aromatic heterocycles. The topological polar surface area (TPSA) is 64.1 Å². The summed E-state index contributed by atoms with van der Waals surface area (Å²) in [5.41, 5.74) is 25.5. The molecule has 1 unspecified atom stereocenters. The lowest BCUT2D eigenvalue weighted by molar-refractivity contribution is 0.729. The van der Waals surface area contributed by atoms with E-state index in [0.29, 0.717) is 0 Å². The van der Waals surface area contributed by atoms with Gasteiger partial charge in [-0.1, -0.05) is 146 Å². The van der Waals surface area contributed by atoms with Crippen LogP contribution >= 0.6 is 0 Å². The Kier molecular flexibility index (Phi) is 7.72. The molecule has 6 aromatic carbocycles. The Morgan fingerprint density at radius 3 is 1.81 bits per heavy atom. The molecule has 1 heterocycles. The van der Waals surface area contributed by atoms with Gasteiger partial charge in [0.2, 0.25) is 0 Å². The van der Waals surface area contributed by atoms with Crippen LogP contribution in [0.5, 0.6) is 0 Å². The normalized spacial score (nSPS) is 15.4. The number of nitrogens with one attached hydrogen (secondary N) is 1. The molecule has 0 saturated carbocycles. The fraction of sp³-hybridized carbons (Fsp3) is 0.0667. The van der Waals surface area contributed by atoms with Crippen molar-refractivity contribution < 1.29 is 0 Å². The lowest BCUT2D eigenvalue weighted by Crippen LogP contribution is -2.26. The standard InChI is InChI=1S/C45H37N3/c46-43-35(22-19-32-11-1-4-16-39(32)43)14-7-9-30-27-31(10-8-15-36-23-20-33-12-2-5-17-40(33)44(36)47)29-38(28-30)42-26-25-37-24-21-34-13-3-6-18-41(34)45(37)48-42/h1-8,11-29,45,48H,9-10,46-47H2/b14-7-,15-8-. The predicted molar refractivity (Wildman–Crippen MR) is 206 cm³/mol. The molecule has 0 bridgehead atoms. The van der Waals surface area contributed by atoms with Gasteiger partial charge in [0.15, 0.2) is 0 Å². The summed E-state index contributed by atoms with van der Waals surface area (Å²) < 4.78 is 0. The van der Waals surface area contributed by atoms with Crippen LogP contribution in [-0.4, -0.2) is 0 Å². The van der Waals surface area contributed by atoms with Crippen molar-refractivity contribution in [1.29, 1.82) is 0 Å². The molecule has 1 aliphatic heterocycles. The second-order valence-corrected chi connectivity index (χ2v) is 12.6. The highest BCUT2D eigenvalue weighted by Gasteiger charge is 2.24. The molecule has 2 aliphatic rings. The lowest BCUT2D eigenvalue weighted by Gasteiger charge is -2.30. The molecule has 3 heteroatoms. The number of fused-ring (bicyclic) bond motifs is 5. The van der Waals surface area contributed by atoms with Crippen LogP contribution in [0.4, 0.5) is 11.4 Å². The highest BCUT2D eigenvalue weighted by molar-refractivity contribution is 5.97. The van der Waals surface area contributed by atoms with Crippen LogP contribution in [0.1, 0.15) is 45.0 Å². The minimum absolute atomic E-state index is 0.129. The predicted octanol–water partition coefficient (Wildman–Crippen LogP) is 10.3. The molecule has 0 radical (unpaired) electrons. The second-order valence-electron chi connectivity index (χ2n) is 12.6. The third-order valence-electron chi connectivity index (χ3n) is 9.51. The second kappa shape index (κ2) is 12.6. The van der Waals surface area contributed by atoms with Crippen LogP contribution in [0.25, 0.3) is 45.5 Å². The summed E-state index contributed by atoms with van der Waals surface area (Å²) in [5.74, 6) is 0. The van der Waals surface area contributed by atoms with Crippen molar-refractivity contribution in [1.82, 2.24) is 5.32 Å². The Balaban J connectivity index is 1.10. The Morgan fingerprint density at radius 1 is 0.583 bits per heavy atom. The largest absolute Gasteiger partial charge is 0.398 e. The Morgan fingerprint density at radius 2 is 1.17 bits per heavy atom. The quantitative estimate of drug-likeness (QED) is 0.156. The van der Waals surface area contributed by atoms with E-state index in [2.05, 4.69) is 145 Å². The summed E-state index contributed by atoms with van der Waals surface area (Å²) in [6.45, 7) is 0. The first-order chi connectivity index (χ1) is 23.6. The van der Waals surface area contributed by atoms with Gasteiger partial charge in [0.25, 0.3) is 0 Å². The van der Waals surface area contributed by atoms with E-state index in [-0.39, 0.29) is 6.04 Å². The van der Waals surface area contributed by atoms with Crippen molar-refractivity contribution in [3.63, 3.8) is 0 Å². The van der Waals surface area contributed by atoms with E-state index in [9.17, 15) is 0 Å². The summed E-state index contributed by atoms with van der Waals surface area (Å²) in [7, 11) is 0. The third kappa shape index (κ3) is 5.72. The molecule has 0 spiro atoms. The highest BCUT2D eigenvalue weighted by Crippen LogP contribution is 2.37. The SMILES string of the molecule is Nc1c(/C=C\Cc2cc(C/C=C\c3ccc4ccccc4c3N)cc(C3=CC=C4C=Cc5ccccc5C4N3)c2)ccc2ccccc12. The summed E-state index contributed by atoms with van der Waals surface area (Å²) in [6.07, 6.45) is 19.2. The molecule has 1 aliphatic carbocycles. The molecule has 48 heavy (non-hydrogen) atoms. The molecule has 0 fully saturated rings. The van der Waals surface area contributed by atoms with Gasteiger partial charge >= 0.3 is 0 Å². The van der Waals surface area contributed by atoms with Gasteiger partial charge in [0.1, 0.15) is 0 Å². The van der Waals surface area contributed by atoms with Gasteiger partial charge in [0.05, 0.1) is 6.04 Å². The van der Waals surface area contributed by atoms with Gasteiger partial charge in [-0.25, -0.2) is 0 Å². The van der Waals surface area contributed by atoms with Gasteiger partial charge in [-0.3, -0.25) is 0 Å². The molecule has 0 saturated heterocycles. The number of nitrogen functional groups attached to an aromatic ring is 2. The van der Waals surface area contributed by atoms with Crippen molar-refractivity contribution in [2.45, 2.75) is 18.9 Å². The minimum Gasteiger partial charge on any atom is -0.398 e. The molecular weight excluding hydrogens is 583 g/mol. The Bertz CT molecular complexity index is 2240. The number of allylic oxidation sites excluding steroid dienone is 4. The Hall–Kier alpha value is -6.06. The van der Waals surface area contributed by atoms with Crippen LogP contribution in [0.3, 0.4) is 0 Å². The fourth-order valence-electron chi connectivity index (χ4n) is 6.98. The highest BCUT2D eigenvalue weighted by atomic mass is 14.9. The zero-order valence-corrected chi connectivity index (χ0v) is 26.7. The van der Waals surface area contributed by atoms with E-state index < -0.39 is 0 Å². The zero-order chi connectivity index (χ0) is 32.5. The lowest BCUT2D eigenvalue weighted by atomic mass is 9.86. The van der Waals surface area contributed by atoms with E-state index >= 15 is 0 Å². The van der Waals surface area contributed by atoms with Gasteiger partial charge in [0, 0.05) is 27.8 Å². The first-order valence-electron chi connectivity index (χ1n) is 16.6. The number of dihydropyridines is 1. The average Bonchev–Trinajstić information content (AvgIpc) is 3.13. The van der Waals surface area contributed by atoms with Crippen molar-refractivity contribution >= 4 is 56.8 Å². The molecular formula is C45H37N3. The molecule has 0 amide bonds. The molecule has 6 aromatic rings. The van der Waals surface area contributed by atoms with E-state index in [1.165, 1.54) is 33.4 Å². The third-order valence-corrected chi connectivity index (χ3v) is 9.51. The zero-order valence-electron chi connectivity index (χ0n) is 26.7. The molecule has 8 rings (SSSR count). The molecule has 1 atom stereocenters. The van der Waals surface area contributed by atoms with Crippen LogP contribution in [0, 0.1) is 0 Å². The summed E-state index contributed by atoms with van der Waals surface area (Å²) in [6, 6.07) is 40.7. The van der Waals surface area contributed by atoms with Crippen molar-refractivity contribution in [3.8, 4) is 0 Å². The number of rotatable bonds is 7. The summed E-state index contributed by atoms with van der Waals surface area (Å²) in [5, 5.41) is 8.36. The monoisotopic (exact) mass is 619 g/mol. The van der Waals surface area contributed by atoms with Crippen molar-refractivity contribution in [2.75, 3.05) is 11.5 Å². The van der Waals surface area contributed by atoms with Crippen molar-refractivity contribution in [3.05, 3.63) is 190 Å². The summed E-state index contributed by atoms with van der Waals surface area (Å²) >= 11 is 0. The number of benzene rings is 6. The number of nitrogens with two attached hydrogens (primary N) is 2. The van der Waals surface area contributed by atoms with E-state index in [1.807, 2.05) is 24.3 Å². The van der Waals surface area contributed by atoms with Crippen molar-refractivity contribution in [2.24, 2.45) is 0 Å². The van der Waals surface area contributed by atoms with Gasteiger partial charge in [-0.05, 0) is 86.3 Å². The van der Waals surface area contributed by atoms with Crippen LogP contribution in [-0.2, 0) is 12.8 Å². The molecule has 232 valence electrons. The Labute approximate surface area is 281 Å². The van der Waals surface area contributed by atoms with E-state index in [1.54, 1.807) is 0 Å². The molecule has 3 nitrogen and oxygen atoms in total. The van der Waals surface area contributed by atoms with E-state index in [0.717, 1.165) is 62.6 Å². The average molecular weight is 620 g/mol. The minimum atomic E-state index is 0.129. The fourth-order valence-corrected chi connectivity index (χ4v) is 6.98. The first-order valence-corrected chi connectivity index (χ1v) is 16.6. The number of anilines is 2. The maximum atomic E-state index is 6.58. The maximum absolute atomic E-state index is 6.58.